The predicted molar refractivity (Wildman–Crippen MR) is 118 cm³/mol. The summed E-state index contributed by atoms with van der Waals surface area (Å²) in [6.45, 7) is 0. The Kier molecular flexibility index (Phi) is 5.29. The van der Waals surface area contributed by atoms with Crippen molar-refractivity contribution in [2.45, 2.75) is 51.1 Å². The molecule has 2 aromatic rings. The number of pyridine rings is 1. The van der Waals surface area contributed by atoms with Gasteiger partial charge in [0.15, 0.2) is 0 Å². The average Bonchev–Trinajstić information content (AvgIpc) is 2.72. The van der Waals surface area contributed by atoms with E-state index in [4.69, 9.17) is 16.6 Å². The zero-order valence-electron chi connectivity index (χ0n) is 17.0. The van der Waals surface area contributed by atoms with Crippen molar-refractivity contribution in [2.75, 3.05) is 4.90 Å². The van der Waals surface area contributed by atoms with Crippen molar-refractivity contribution in [3.63, 3.8) is 0 Å². The van der Waals surface area contributed by atoms with Gasteiger partial charge in [-0.3, -0.25) is 9.88 Å². The minimum atomic E-state index is -4.12. The topological polar surface area (TPSA) is 28.5 Å². The van der Waals surface area contributed by atoms with Crippen LogP contribution in [-0.2, 0) is 0 Å². The maximum absolute atomic E-state index is 13.2. The summed E-state index contributed by atoms with van der Waals surface area (Å²) in [6, 6.07) is 11.4. The number of halogens is 4. The Morgan fingerprint density at radius 3 is 2.29 bits per heavy atom. The van der Waals surface area contributed by atoms with Crippen molar-refractivity contribution in [1.82, 2.24) is 4.98 Å². The Bertz CT molecular complexity index is 1030. The van der Waals surface area contributed by atoms with Crippen molar-refractivity contribution in [2.24, 2.45) is 16.8 Å². The van der Waals surface area contributed by atoms with Crippen molar-refractivity contribution < 1.29 is 13.2 Å². The number of hydrogen-bond acceptors (Lipinski definition) is 3. The van der Waals surface area contributed by atoms with Crippen LogP contribution in [0.25, 0.3) is 5.70 Å². The molecule has 0 unspecified atom stereocenters. The molecule has 2 saturated carbocycles. The third-order valence-corrected chi connectivity index (χ3v) is 6.88. The average molecular weight is 446 g/mol. The number of anilines is 1. The largest absolute Gasteiger partial charge is 0.391 e. The van der Waals surface area contributed by atoms with E-state index >= 15 is 0 Å². The number of aromatic nitrogens is 1. The summed E-state index contributed by atoms with van der Waals surface area (Å²) in [5.74, 6) is -0.411. The molecule has 0 radical (unpaired) electrons. The summed E-state index contributed by atoms with van der Waals surface area (Å²) in [7, 11) is 0. The highest BCUT2D eigenvalue weighted by molar-refractivity contribution is 6.30. The summed E-state index contributed by atoms with van der Waals surface area (Å²) in [5, 5.41) is 0.640. The summed E-state index contributed by atoms with van der Waals surface area (Å²) in [4.78, 5) is 11.7. The number of rotatable bonds is 2. The number of fused-ring (bicyclic) bond motifs is 1. The Morgan fingerprint density at radius 1 is 0.968 bits per heavy atom. The van der Waals surface area contributed by atoms with Crippen LogP contribution >= 0.6 is 11.6 Å². The van der Waals surface area contributed by atoms with Gasteiger partial charge in [0, 0.05) is 22.8 Å². The lowest BCUT2D eigenvalue weighted by Crippen LogP contribution is -2.41. The number of allylic oxidation sites excluding steroid dienone is 1. The molecule has 0 bridgehead atoms. The van der Waals surface area contributed by atoms with Gasteiger partial charge in [-0.1, -0.05) is 11.6 Å². The number of alkyl halides is 3. The first-order valence-electron chi connectivity index (χ1n) is 10.8. The lowest BCUT2D eigenvalue weighted by atomic mass is 9.79. The number of benzene rings is 1. The van der Waals surface area contributed by atoms with Crippen LogP contribution in [0.4, 0.5) is 24.5 Å². The van der Waals surface area contributed by atoms with Gasteiger partial charge in [0.1, 0.15) is 11.5 Å². The molecule has 162 valence electrons. The molecule has 0 N–H and O–H groups in total. The number of aliphatic imine (C=N–C) groups is 1. The molecule has 0 spiro atoms. The van der Waals surface area contributed by atoms with Crippen LogP contribution in [0.2, 0.25) is 5.02 Å². The zero-order valence-corrected chi connectivity index (χ0v) is 17.8. The molecule has 0 amide bonds. The minimum Gasteiger partial charge on any atom is -0.296 e. The van der Waals surface area contributed by atoms with E-state index in [2.05, 4.69) is 9.88 Å². The molecule has 3 nitrogen and oxygen atoms in total. The molecule has 0 saturated heterocycles. The van der Waals surface area contributed by atoms with E-state index in [9.17, 15) is 13.2 Å². The zero-order chi connectivity index (χ0) is 21.6. The van der Waals surface area contributed by atoms with Crippen molar-refractivity contribution in [1.29, 1.82) is 0 Å². The van der Waals surface area contributed by atoms with E-state index in [-0.39, 0.29) is 18.8 Å². The van der Waals surface area contributed by atoms with E-state index in [1.807, 2.05) is 36.4 Å². The van der Waals surface area contributed by atoms with Gasteiger partial charge in [-0.25, -0.2) is 4.99 Å². The summed E-state index contributed by atoms with van der Waals surface area (Å²) in [6.07, 6.45) is 2.04. The molecule has 0 atom stereocenters. The highest BCUT2D eigenvalue weighted by Gasteiger charge is 2.44. The summed E-state index contributed by atoms with van der Waals surface area (Å²) < 4.78 is 39.7. The van der Waals surface area contributed by atoms with E-state index in [1.165, 1.54) is 5.57 Å². The van der Waals surface area contributed by atoms with Gasteiger partial charge in [0.25, 0.3) is 0 Å². The predicted octanol–water partition coefficient (Wildman–Crippen LogP) is 7.55. The Morgan fingerprint density at radius 2 is 1.68 bits per heavy atom. The molecule has 2 fully saturated rings. The molecular weight excluding hydrogens is 423 g/mol. The van der Waals surface area contributed by atoms with Gasteiger partial charge in [-0.2, -0.15) is 13.2 Å². The van der Waals surface area contributed by atoms with Gasteiger partial charge in [-0.15, -0.1) is 0 Å². The van der Waals surface area contributed by atoms with Gasteiger partial charge >= 0.3 is 6.18 Å². The number of nitrogens with zero attached hydrogens (tertiary/aromatic N) is 3. The number of hydrogen-bond donors (Lipinski definition) is 0. The van der Waals surface area contributed by atoms with Crippen LogP contribution in [-0.4, -0.2) is 17.0 Å². The van der Waals surface area contributed by atoms with Crippen LogP contribution in [0.3, 0.4) is 0 Å². The highest BCUT2D eigenvalue weighted by atomic mass is 35.5. The van der Waals surface area contributed by atoms with Crippen molar-refractivity contribution in [3.05, 3.63) is 58.9 Å². The maximum Gasteiger partial charge on any atom is 0.391 e. The molecule has 3 aliphatic rings. The standard InChI is InChI=1S/C24H23ClF3N3/c25-18-10-12-19(13-11-18)31-22(15-3-1-4-15)21-20(5-2-14-29-21)30-23(31)16-6-8-17(9-7-16)24(26,27)28/h2,5,10-14,16-17H,1,3-4,6-9H2. The van der Waals surface area contributed by atoms with E-state index in [1.54, 1.807) is 6.20 Å². The molecule has 1 aromatic carbocycles. The van der Waals surface area contributed by atoms with Crippen molar-refractivity contribution in [3.8, 4) is 0 Å². The first-order valence-corrected chi connectivity index (χ1v) is 11.2. The lowest BCUT2D eigenvalue weighted by Gasteiger charge is -2.40. The summed E-state index contributed by atoms with van der Waals surface area (Å²) >= 11 is 6.13. The molecule has 31 heavy (non-hydrogen) atoms. The first kappa shape index (κ1) is 20.6. The first-order chi connectivity index (χ1) is 14.9. The van der Waals surface area contributed by atoms with E-state index < -0.39 is 12.1 Å². The van der Waals surface area contributed by atoms with Gasteiger partial charge in [0.05, 0.1) is 17.3 Å². The van der Waals surface area contributed by atoms with Crippen LogP contribution in [0.15, 0.2) is 53.2 Å². The van der Waals surface area contributed by atoms with Gasteiger partial charge < -0.3 is 0 Å². The quantitative estimate of drug-likeness (QED) is 0.477. The second-order valence-electron chi connectivity index (χ2n) is 8.55. The molecule has 1 aromatic heterocycles. The third kappa shape index (κ3) is 3.86. The molecule has 5 rings (SSSR count). The second kappa shape index (κ2) is 7.97. The normalized spacial score (nSPS) is 23.9. The Labute approximate surface area is 184 Å². The van der Waals surface area contributed by atoms with Crippen LogP contribution < -0.4 is 4.90 Å². The van der Waals surface area contributed by atoms with Crippen LogP contribution in [0, 0.1) is 11.8 Å². The number of amidine groups is 1. The maximum atomic E-state index is 13.2. The third-order valence-electron chi connectivity index (χ3n) is 6.63. The molecule has 1 aliphatic heterocycles. The highest BCUT2D eigenvalue weighted by Crippen LogP contribution is 2.47. The van der Waals surface area contributed by atoms with E-state index in [0.717, 1.165) is 47.9 Å². The fraction of sp³-hybridized carbons (Fsp3) is 0.417. The SMILES string of the molecule is FC(F)(F)C1CCC(C2=Nc3cccnc3C(=C3CCC3)N2c2ccc(Cl)cc2)CC1. The monoisotopic (exact) mass is 445 g/mol. The Balaban J connectivity index is 1.59. The molecule has 2 aliphatic carbocycles. The van der Waals surface area contributed by atoms with Crippen LogP contribution in [0.5, 0.6) is 0 Å². The molecular formula is C24H23ClF3N3. The van der Waals surface area contributed by atoms with Crippen molar-refractivity contribution >= 4 is 34.5 Å². The second-order valence-corrected chi connectivity index (χ2v) is 8.99. The minimum absolute atomic E-state index is 0.0293. The van der Waals surface area contributed by atoms with Gasteiger partial charge in [-0.05, 0) is 86.9 Å². The summed E-state index contributed by atoms with van der Waals surface area (Å²) in [5.41, 5.74) is 4.94. The lowest BCUT2D eigenvalue weighted by molar-refractivity contribution is -0.182. The molecule has 7 heteroatoms. The molecule has 2 heterocycles. The Hall–Kier alpha value is -2.34. The fourth-order valence-electron chi connectivity index (χ4n) is 4.78. The smallest absolute Gasteiger partial charge is 0.296 e. The van der Waals surface area contributed by atoms with Crippen LogP contribution in [0.1, 0.15) is 50.6 Å². The fourth-order valence-corrected chi connectivity index (χ4v) is 4.91. The van der Waals surface area contributed by atoms with Gasteiger partial charge in [0.2, 0.25) is 0 Å². The van der Waals surface area contributed by atoms with E-state index in [0.29, 0.717) is 17.9 Å².